The molecule has 2 saturated heterocycles. The molecule has 2 heterocycles. The van der Waals surface area contributed by atoms with Gasteiger partial charge in [0.1, 0.15) is 0 Å². The number of carbonyl (C=O) groups excluding carboxylic acids is 1. The minimum absolute atomic E-state index is 0.0460. The maximum absolute atomic E-state index is 12.2. The molecule has 2 aliphatic rings. The molecule has 2 unspecified atom stereocenters. The summed E-state index contributed by atoms with van der Waals surface area (Å²) in [4.78, 5) is 14.2. The lowest BCUT2D eigenvalue weighted by atomic mass is 9.79. The number of nitrogens with zero attached hydrogens (tertiary/aromatic N) is 1. The van der Waals surface area contributed by atoms with Crippen molar-refractivity contribution in [3.05, 3.63) is 0 Å². The molecule has 2 N–H and O–H groups in total. The van der Waals surface area contributed by atoms with Gasteiger partial charge in [-0.1, -0.05) is 13.8 Å². The van der Waals surface area contributed by atoms with E-state index >= 15 is 0 Å². The fraction of sp³-hybridized carbons (Fsp3) is 0.929. The summed E-state index contributed by atoms with van der Waals surface area (Å²) in [6, 6.07) is 0.213. The van der Waals surface area contributed by atoms with E-state index in [0.29, 0.717) is 18.2 Å². The molecule has 1 amide bonds. The molecular weight excluding hydrogens is 228 g/mol. The second-order valence-electron chi connectivity index (χ2n) is 6.47. The van der Waals surface area contributed by atoms with E-state index in [1.807, 2.05) is 4.90 Å². The molecule has 2 aliphatic heterocycles. The van der Waals surface area contributed by atoms with Gasteiger partial charge in [0.2, 0.25) is 5.91 Å². The highest BCUT2D eigenvalue weighted by Crippen LogP contribution is 2.28. The van der Waals surface area contributed by atoms with Crippen LogP contribution >= 0.6 is 0 Å². The van der Waals surface area contributed by atoms with Crippen molar-refractivity contribution in [2.75, 3.05) is 26.3 Å². The van der Waals surface area contributed by atoms with E-state index in [1.54, 1.807) is 0 Å². The maximum atomic E-state index is 12.2. The van der Waals surface area contributed by atoms with E-state index in [1.165, 1.54) is 0 Å². The third kappa shape index (κ3) is 3.23. The van der Waals surface area contributed by atoms with Crippen molar-refractivity contribution in [2.24, 2.45) is 17.1 Å². The van der Waals surface area contributed by atoms with Crippen LogP contribution in [0, 0.1) is 11.3 Å². The first-order chi connectivity index (χ1) is 8.49. The Bertz CT molecular complexity index is 298. The van der Waals surface area contributed by atoms with Crippen LogP contribution in [-0.2, 0) is 9.53 Å². The average Bonchev–Trinajstić information content (AvgIpc) is 2.82. The number of likely N-dealkylation sites (tertiary alicyclic amines) is 1. The molecule has 0 aromatic rings. The molecule has 4 nitrogen and oxygen atoms in total. The van der Waals surface area contributed by atoms with Crippen molar-refractivity contribution in [1.82, 2.24) is 4.90 Å². The summed E-state index contributed by atoms with van der Waals surface area (Å²) in [5.74, 6) is 0.885. The zero-order valence-electron chi connectivity index (χ0n) is 11.7. The van der Waals surface area contributed by atoms with Crippen molar-refractivity contribution < 1.29 is 9.53 Å². The summed E-state index contributed by atoms with van der Waals surface area (Å²) in [5.41, 5.74) is 6.14. The quantitative estimate of drug-likeness (QED) is 0.828. The Hall–Kier alpha value is -0.610. The molecule has 0 radical (unpaired) electrons. The van der Waals surface area contributed by atoms with Gasteiger partial charge in [-0.25, -0.2) is 0 Å². The summed E-state index contributed by atoms with van der Waals surface area (Å²) in [6.07, 6.45) is 3.68. The number of piperidine rings is 1. The number of carbonyl (C=O) groups is 1. The Balaban J connectivity index is 1.78. The van der Waals surface area contributed by atoms with E-state index in [2.05, 4.69) is 13.8 Å². The topological polar surface area (TPSA) is 55.6 Å². The number of hydrogen-bond acceptors (Lipinski definition) is 3. The highest BCUT2D eigenvalue weighted by atomic mass is 16.5. The molecule has 104 valence electrons. The Morgan fingerprint density at radius 1 is 1.44 bits per heavy atom. The van der Waals surface area contributed by atoms with Gasteiger partial charge in [-0.15, -0.1) is 0 Å². The predicted octanol–water partition coefficient (Wildman–Crippen LogP) is 1.39. The van der Waals surface area contributed by atoms with Crippen LogP contribution in [0.5, 0.6) is 0 Å². The van der Waals surface area contributed by atoms with Gasteiger partial charge in [0.15, 0.2) is 0 Å². The predicted molar refractivity (Wildman–Crippen MR) is 71.1 cm³/mol. The SMILES string of the molecule is CC1(C)CN(C(=O)CCC2CCOC2)CCC1N. The van der Waals surface area contributed by atoms with Crippen LogP contribution in [-0.4, -0.2) is 43.2 Å². The molecule has 0 aliphatic carbocycles. The molecule has 2 fully saturated rings. The molecule has 2 atom stereocenters. The van der Waals surface area contributed by atoms with E-state index in [-0.39, 0.29) is 11.5 Å². The van der Waals surface area contributed by atoms with Crippen LogP contribution in [0.4, 0.5) is 0 Å². The van der Waals surface area contributed by atoms with Gasteiger partial charge in [-0.05, 0) is 30.6 Å². The molecule has 0 saturated carbocycles. The fourth-order valence-corrected chi connectivity index (χ4v) is 2.88. The van der Waals surface area contributed by atoms with Crippen LogP contribution in [0.1, 0.15) is 39.5 Å². The zero-order valence-corrected chi connectivity index (χ0v) is 11.7. The summed E-state index contributed by atoms with van der Waals surface area (Å²) in [6.45, 7) is 7.64. The number of hydrogen-bond donors (Lipinski definition) is 1. The lowest BCUT2D eigenvalue weighted by Gasteiger charge is -2.42. The van der Waals surface area contributed by atoms with Gasteiger partial charge >= 0.3 is 0 Å². The Morgan fingerprint density at radius 3 is 2.83 bits per heavy atom. The number of ether oxygens (including phenoxy) is 1. The molecule has 2 rings (SSSR count). The molecule has 18 heavy (non-hydrogen) atoms. The maximum Gasteiger partial charge on any atom is 0.222 e. The second-order valence-corrected chi connectivity index (χ2v) is 6.47. The van der Waals surface area contributed by atoms with Gasteiger partial charge in [0.25, 0.3) is 0 Å². The van der Waals surface area contributed by atoms with Gasteiger partial charge in [0, 0.05) is 38.8 Å². The van der Waals surface area contributed by atoms with Crippen LogP contribution in [0.15, 0.2) is 0 Å². The first kappa shape index (κ1) is 13.8. The lowest BCUT2D eigenvalue weighted by molar-refractivity contribution is -0.134. The van der Waals surface area contributed by atoms with Crippen molar-refractivity contribution >= 4 is 5.91 Å². The monoisotopic (exact) mass is 254 g/mol. The van der Waals surface area contributed by atoms with Crippen LogP contribution < -0.4 is 5.73 Å². The largest absolute Gasteiger partial charge is 0.381 e. The van der Waals surface area contributed by atoms with E-state index in [4.69, 9.17) is 10.5 Å². The molecule has 0 aromatic carbocycles. The second kappa shape index (κ2) is 5.57. The van der Waals surface area contributed by atoms with Crippen molar-refractivity contribution in [3.63, 3.8) is 0 Å². The lowest BCUT2D eigenvalue weighted by Crippen LogP contribution is -2.54. The Labute approximate surface area is 110 Å². The van der Waals surface area contributed by atoms with E-state index in [0.717, 1.165) is 45.6 Å². The first-order valence-corrected chi connectivity index (χ1v) is 7.10. The third-order valence-electron chi connectivity index (χ3n) is 4.46. The van der Waals surface area contributed by atoms with Gasteiger partial charge < -0.3 is 15.4 Å². The third-order valence-corrected chi connectivity index (χ3v) is 4.46. The van der Waals surface area contributed by atoms with Crippen molar-refractivity contribution in [3.8, 4) is 0 Å². The van der Waals surface area contributed by atoms with E-state index in [9.17, 15) is 4.79 Å². The number of amides is 1. The highest BCUT2D eigenvalue weighted by Gasteiger charge is 2.35. The minimum Gasteiger partial charge on any atom is -0.381 e. The van der Waals surface area contributed by atoms with Crippen LogP contribution in [0.2, 0.25) is 0 Å². The molecule has 0 spiro atoms. The smallest absolute Gasteiger partial charge is 0.222 e. The Morgan fingerprint density at radius 2 is 2.22 bits per heavy atom. The molecule has 0 bridgehead atoms. The first-order valence-electron chi connectivity index (χ1n) is 7.10. The van der Waals surface area contributed by atoms with Gasteiger partial charge in [-0.3, -0.25) is 4.79 Å². The standard InChI is InChI=1S/C14H26N2O2/c1-14(2)10-16(7-5-12(14)15)13(17)4-3-11-6-8-18-9-11/h11-12H,3-10,15H2,1-2H3. The molecular formula is C14H26N2O2. The van der Waals surface area contributed by atoms with Crippen LogP contribution in [0.3, 0.4) is 0 Å². The van der Waals surface area contributed by atoms with Crippen molar-refractivity contribution in [1.29, 1.82) is 0 Å². The summed E-state index contributed by atoms with van der Waals surface area (Å²) >= 11 is 0. The highest BCUT2D eigenvalue weighted by molar-refractivity contribution is 5.76. The van der Waals surface area contributed by atoms with Gasteiger partial charge in [-0.2, -0.15) is 0 Å². The normalized spacial score (nSPS) is 31.6. The molecule has 0 aromatic heterocycles. The minimum atomic E-state index is 0.0460. The number of nitrogens with two attached hydrogens (primary N) is 1. The number of rotatable bonds is 3. The molecule has 4 heteroatoms. The van der Waals surface area contributed by atoms with Gasteiger partial charge in [0.05, 0.1) is 0 Å². The Kier molecular flexibility index (Phi) is 4.28. The summed E-state index contributed by atoms with van der Waals surface area (Å²) in [5, 5.41) is 0. The summed E-state index contributed by atoms with van der Waals surface area (Å²) in [7, 11) is 0. The van der Waals surface area contributed by atoms with Crippen LogP contribution in [0.25, 0.3) is 0 Å². The van der Waals surface area contributed by atoms with E-state index < -0.39 is 0 Å². The zero-order chi connectivity index (χ0) is 13.2. The fourth-order valence-electron chi connectivity index (χ4n) is 2.88. The summed E-state index contributed by atoms with van der Waals surface area (Å²) < 4.78 is 5.34. The van der Waals surface area contributed by atoms with Crippen molar-refractivity contribution in [2.45, 2.75) is 45.6 Å². The average molecular weight is 254 g/mol.